The molecule has 1 nitrogen and oxygen atoms in total. The van der Waals surface area contributed by atoms with Crippen molar-refractivity contribution in [3.05, 3.63) is 11.8 Å². The van der Waals surface area contributed by atoms with E-state index in [9.17, 15) is 30.7 Å². The lowest BCUT2D eigenvalue weighted by atomic mass is 10.1. The first-order valence-electron chi connectivity index (χ1n) is 4.10. The summed E-state index contributed by atoms with van der Waals surface area (Å²) < 4.78 is 89.3. The molecule has 0 aliphatic heterocycles. The van der Waals surface area contributed by atoms with Crippen LogP contribution in [0.5, 0.6) is 0 Å². The molecule has 0 spiro atoms. The van der Waals surface area contributed by atoms with Crippen LogP contribution in [0.15, 0.2) is 11.8 Å². The fourth-order valence-corrected chi connectivity index (χ4v) is 0.804. The molecule has 0 heterocycles. The molecule has 0 aliphatic carbocycles. The third-order valence-corrected chi connectivity index (χ3v) is 1.53. The van der Waals surface area contributed by atoms with Crippen molar-refractivity contribution in [2.24, 2.45) is 0 Å². The Hall–Kier alpha value is -0.950. The predicted octanol–water partition coefficient (Wildman–Crippen LogP) is 3.76. The summed E-state index contributed by atoms with van der Waals surface area (Å²) in [6.07, 6.45) is -6.86. The monoisotopic (exact) mass is 254 g/mol. The maximum absolute atomic E-state index is 12.6. The van der Waals surface area contributed by atoms with Crippen molar-refractivity contribution in [1.29, 1.82) is 0 Å². The van der Waals surface area contributed by atoms with Crippen LogP contribution in [0.4, 0.5) is 30.7 Å². The molecule has 0 aromatic rings. The van der Waals surface area contributed by atoms with Gasteiger partial charge in [-0.15, -0.1) is 0 Å². The number of hydrogen-bond donors (Lipinski definition) is 0. The molecule has 0 saturated carbocycles. The summed E-state index contributed by atoms with van der Waals surface area (Å²) >= 11 is 0. The first kappa shape index (κ1) is 15.0. The standard InChI is InChI=1S/C8H9F7O/c1-3-16-5(2)4-6(9,10)7(11,12)8(13,14)15/h4H,3H2,1-2H3/b5-4+. The lowest BCUT2D eigenvalue weighted by Gasteiger charge is -2.26. The van der Waals surface area contributed by atoms with Crippen molar-refractivity contribution in [3.63, 3.8) is 0 Å². The minimum atomic E-state index is -6.32. The number of rotatable bonds is 4. The van der Waals surface area contributed by atoms with Crippen LogP contribution in [0.3, 0.4) is 0 Å². The molecule has 8 heteroatoms. The summed E-state index contributed by atoms with van der Waals surface area (Å²) in [7, 11) is 0. The second-order valence-electron chi connectivity index (χ2n) is 2.88. The highest BCUT2D eigenvalue weighted by molar-refractivity contribution is 5.08. The molecule has 0 aromatic heterocycles. The Bertz CT molecular complexity index is 266. The van der Waals surface area contributed by atoms with E-state index in [1.165, 1.54) is 6.92 Å². The molecule has 0 aliphatic rings. The largest absolute Gasteiger partial charge is 0.499 e. The zero-order valence-electron chi connectivity index (χ0n) is 8.34. The molecule has 0 radical (unpaired) electrons. The third-order valence-electron chi connectivity index (χ3n) is 1.53. The maximum Gasteiger partial charge on any atom is 0.460 e. The summed E-state index contributed by atoms with van der Waals surface area (Å²) in [5.41, 5.74) is 0. The Morgan fingerprint density at radius 3 is 1.81 bits per heavy atom. The summed E-state index contributed by atoms with van der Waals surface area (Å²) in [5, 5.41) is 0. The highest BCUT2D eigenvalue weighted by atomic mass is 19.4. The minimum absolute atomic E-state index is 0.115. The number of ether oxygens (including phenoxy) is 1. The first-order valence-corrected chi connectivity index (χ1v) is 4.10. The fourth-order valence-electron chi connectivity index (χ4n) is 0.804. The lowest BCUT2D eigenvalue weighted by Crippen LogP contribution is -2.51. The van der Waals surface area contributed by atoms with E-state index in [2.05, 4.69) is 4.74 Å². The number of alkyl halides is 7. The van der Waals surface area contributed by atoms with Crippen LogP contribution < -0.4 is 0 Å². The van der Waals surface area contributed by atoms with Gasteiger partial charge in [-0.3, -0.25) is 0 Å². The van der Waals surface area contributed by atoms with E-state index in [-0.39, 0.29) is 6.61 Å². The van der Waals surface area contributed by atoms with E-state index >= 15 is 0 Å². The molecule has 0 rings (SSSR count). The molecule has 0 unspecified atom stereocenters. The minimum Gasteiger partial charge on any atom is -0.499 e. The van der Waals surface area contributed by atoms with Crippen molar-refractivity contribution in [2.75, 3.05) is 6.61 Å². The van der Waals surface area contributed by atoms with Gasteiger partial charge in [0.1, 0.15) is 0 Å². The van der Waals surface area contributed by atoms with Gasteiger partial charge in [0.15, 0.2) is 0 Å². The van der Waals surface area contributed by atoms with Crippen LogP contribution in [-0.4, -0.2) is 24.6 Å². The summed E-state index contributed by atoms with van der Waals surface area (Å²) in [6.45, 7) is 2.12. The van der Waals surface area contributed by atoms with Gasteiger partial charge in [0.2, 0.25) is 0 Å². The average molecular weight is 254 g/mol. The van der Waals surface area contributed by atoms with Crippen LogP contribution in [0.2, 0.25) is 0 Å². The van der Waals surface area contributed by atoms with E-state index in [1.807, 2.05) is 0 Å². The van der Waals surface area contributed by atoms with Crippen molar-refractivity contribution >= 4 is 0 Å². The zero-order chi connectivity index (χ0) is 13.2. The van der Waals surface area contributed by atoms with Crippen LogP contribution in [-0.2, 0) is 4.74 Å². The van der Waals surface area contributed by atoms with E-state index < -0.39 is 29.9 Å². The molecule has 0 N–H and O–H groups in total. The predicted molar refractivity (Wildman–Crippen MR) is 41.3 cm³/mol. The first-order chi connectivity index (χ1) is 6.95. The van der Waals surface area contributed by atoms with Crippen LogP contribution in [0, 0.1) is 0 Å². The highest BCUT2D eigenvalue weighted by Crippen LogP contribution is 2.47. The van der Waals surface area contributed by atoms with E-state index in [1.54, 1.807) is 0 Å². The lowest BCUT2D eigenvalue weighted by molar-refractivity contribution is -0.342. The molecular formula is C8H9F7O. The number of hydrogen-bond acceptors (Lipinski definition) is 1. The Morgan fingerprint density at radius 1 is 1.06 bits per heavy atom. The fraction of sp³-hybridized carbons (Fsp3) is 0.750. The molecule has 0 bridgehead atoms. The van der Waals surface area contributed by atoms with Gasteiger partial charge in [0.25, 0.3) is 0 Å². The van der Waals surface area contributed by atoms with E-state index in [0.29, 0.717) is 0 Å². The highest BCUT2D eigenvalue weighted by Gasteiger charge is 2.72. The van der Waals surface area contributed by atoms with Crippen molar-refractivity contribution < 1.29 is 35.5 Å². The zero-order valence-corrected chi connectivity index (χ0v) is 8.34. The van der Waals surface area contributed by atoms with Crippen molar-refractivity contribution in [2.45, 2.75) is 31.9 Å². The Labute approximate surface area is 86.9 Å². The smallest absolute Gasteiger partial charge is 0.460 e. The van der Waals surface area contributed by atoms with Gasteiger partial charge in [-0.1, -0.05) is 0 Å². The maximum atomic E-state index is 12.6. The SMILES string of the molecule is CCO/C(C)=C/C(F)(F)C(F)(F)C(F)(F)F. The van der Waals surface area contributed by atoms with Gasteiger partial charge in [0.05, 0.1) is 12.4 Å². The van der Waals surface area contributed by atoms with Crippen molar-refractivity contribution in [1.82, 2.24) is 0 Å². The van der Waals surface area contributed by atoms with E-state index in [4.69, 9.17) is 0 Å². The normalized spacial score (nSPS) is 15.2. The summed E-state index contributed by atoms with van der Waals surface area (Å²) in [5.74, 6) is -12.2. The Balaban J connectivity index is 5.13. The second-order valence-corrected chi connectivity index (χ2v) is 2.88. The molecule has 0 aromatic carbocycles. The molecule has 0 fully saturated rings. The van der Waals surface area contributed by atoms with E-state index in [0.717, 1.165) is 6.92 Å². The Kier molecular flexibility index (Phi) is 4.24. The Morgan fingerprint density at radius 2 is 1.50 bits per heavy atom. The quantitative estimate of drug-likeness (QED) is 0.548. The van der Waals surface area contributed by atoms with Gasteiger partial charge in [-0.25, -0.2) is 0 Å². The van der Waals surface area contributed by atoms with Gasteiger partial charge < -0.3 is 4.74 Å². The number of halogens is 7. The van der Waals surface area contributed by atoms with Crippen LogP contribution in [0.1, 0.15) is 13.8 Å². The van der Waals surface area contributed by atoms with Crippen LogP contribution >= 0.6 is 0 Å². The molecule has 0 atom stereocenters. The van der Waals surface area contributed by atoms with Crippen LogP contribution in [0.25, 0.3) is 0 Å². The average Bonchev–Trinajstić information content (AvgIpc) is 2.00. The molecular weight excluding hydrogens is 245 g/mol. The second kappa shape index (κ2) is 4.50. The van der Waals surface area contributed by atoms with Gasteiger partial charge in [-0.05, 0) is 13.8 Å². The molecule has 96 valence electrons. The molecule has 16 heavy (non-hydrogen) atoms. The van der Waals surface area contributed by atoms with Crippen molar-refractivity contribution in [3.8, 4) is 0 Å². The summed E-state index contributed by atoms with van der Waals surface area (Å²) in [4.78, 5) is 0. The molecule has 0 amide bonds. The summed E-state index contributed by atoms with van der Waals surface area (Å²) in [6, 6.07) is 0. The topological polar surface area (TPSA) is 9.23 Å². The third kappa shape index (κ3) is 3.02. The number of allylic oxidation sites excluding steroid dienone is 2. The van der Waals surface area contributed by atoms with Gasteiger partial charge >= 0.3 is 18.0 Å². The van der Waals surface area contributed by atoms with Gasteiger partial charge in [0, 0.05) is 6.08 Å². The van der Waals surface area contributed by atoms with Gasteiger partial charge in [-0.2, -0.15) is 30.7 Å². The molecule has 0 saturated heterocycles.